The van der Waals surface area contributed by atoms with Gasteiger partial charge in [-0.15, -0.1) is 13.2 Å². The molecule has 0 aliphatic rings. The van der Waals surface area contributed by atoms with Crippen molar-refractivity contribution in [1.82, 2.24) is 5.43 Å². The van der Waals surface area contributed by atoms with E-state index >= 15 is 0 Å². The summed E-state index contributed by atoms with van der Waals surface area (Å²) in [7, 11) is 1.60. The second-order valence-electron chi connectivity index (χ2n) is 9.24. The average Bonchev–Trinajstić information content (AvgIpc) is 3.01. The molecule has 3 N–H and O–H groups in total. The molecule has 0 radical (unpaired) electrons. The minimum atomic E-state index is -4.77. The Bertz CT molecular complexity index is 1550. The first kappa shape index (κ1) is 35.6. The Morgan fingerprint density at radius 2 is 1.70 bits per heavy atom. The summed E-state index contributed by atoms with van der Waals surface area (Å²) in [6, 6.07) is 15.8. The molecule has 0 atom stereocenters. The van der Waals surface area contributed by atoms with Gasteiger partial charge < -0.3 is 24.7 Å². The lowest BCUT2D eigenvalue weighted by molar-refractivity contribution is -0.274. The van der Waals surface area contributed by atoms with Crippen LogP contribution in [0.2, 0.25) is 0 Å². The van der Waals surface area contributed by atoms with Gasteiger partial charge in [0.05, 0.1) is 24.7 Å². The number of nitrogens with zero attached hydrogens (tertiary/aromatic N) is 4. The molecule has 11 nitrogen and oxygen atoms in total. The maximum Gasteiger partial charge on any atom is 0.573 e. The number of thioether (sulfide) groups is 1. The number of amidine groups is 2. The SMILES string of the molecule is CCOCC(=O)OCSC(=Nc1c(C)cc(OC)cc1C)N/N=C/c1ccc(C(N)=NC=Nc2ccc(OC(F)(F)F)cc2)cc1. The van der Waals surface area contributed by atoms with Gasteiger partial charge in [-0.2, -0.15) is 5.10 Å². The molecular weight excluding hydrogens is 625 g/mol. The molecule has 0 aromatic heterocycles. The van der Waals surface area contributed by atoms with Gasteiger partial charge in [0.25, 0.3) is 0 Å². The number of aliphatic imine (C=N–C) groups is 3. The number of esters is 1. The number of alkyl halides is 3. The van der Waals surface area contributed by atoms with Crippen molar-refractivity contribution in [3.8, 4) is 11.5 Å². The Kier molecular flexibility index (Phi) is 13.6. The quantitative estimate of drug-likeness (QED) is 0.0732. The fourth-order valence-corrected chi connectivity index (χ4v) is 4.22. The first-order chi connectivity index (χ1) is 22.0. The van der Waals surface area contributed by atoms with Crippen molar-refractivity contribution in [2.45, 2.75) is 27.1 Å². The van der Waals surface area contributed by atoms with Crippen LogP contribution in [-0.2, 0) is 14.3 Å². The number of benzene rings is 3. The molecule has 46 heavy (non-hydrogen) atoms. The molecule has 244 valence electrons. The number of hydrazone groups is 1. The molecule has 0 fully saturated rings. The second kappa shape index (κ2) is 17.6. The van der Waals surface area contributed by atoms with Crippen LogP contribution in [0.4, 0.5) is 24.5 Å². The average molecular weight is 659 g/mol. The van der Waals surface area contributed by atoms with E-state index in [0.717, 1.165) is 46.3 Å². The molecule has 3 aromatic rings. The minimum absolute atomic E-state index is 0.00406. The van der Waals surface area contributed by atoms with Gasteiger partial charge in [0.1, 0.15) is 36.2 Å². The number of hydrogen-bond donors (Lipinski definition) is 2. The summed E-state index contributed by atoms with van der Waals surface area (Å²) in [5.41, 5.74) is 13.2. The van der Waals surface area contributed by atoms with Crippen molar-refractivity contribution < 1.29 is 36.9 Å². The second-order valence-corrected chi connectivity index (χ2v) is 10.1. The highest BCUT2D eigenvalue weighted by Crippen LogP contribution is 2.29. The normalized spacial score (nSPS) is 12.5. The molecule has 0 amide bonds. The first-order valence-corrected chi connectivity index (χ1v) is 14.7. The zero-order chi connectivity index (χ0) is 33.5. The van der Waals surface area contributed by atoms with Crippen LogP contribution in [0.1, 0.15) is 29.2 Å². The molecule has 0 aliphatic heterocycles. The van der Waals surface area contributed by atoms with Crippen LogP contribution < -0.4 is 20.6 Å². The zero-order valence-electron chi connectivity index (χ0n) is 25.5. The van der Waals surface area contributed by atoms with Crippen LogP contribution in [0.5, 0.6) is 11.5 Å². The highest BCUT2D eigenvalue weighted by atomic mass is 32.2. The van der Waals surface area contributed by atoms with Crippen molar-refractivity contribution in [2.24, 2.45) is 25.8 Å². The van der Waals surface area contributed by atoms with Crippen molar-refractivity contribution in [1.29, 1.82) is 0 Å². The molecule has 0 saturated carbocycles. The lowest BCUT2D eigenvalue weighted by Crippen LogP contribution is -2.18. The molecule has 0 heterocycles. The molecule has 0 unspecified atom stereocenters. The van der Waals surface area contributed by atoms with Crippen LogP contribution in [0.3, 0.4) is 0 Å². The van der Waals surface area contributed by atoms with Crippen LogP contribution in [0.15, 0.2) is 80.7 Å². The van der Waals surface area contributed by atoms with Gasteiger partial charge in [-0.1, -0.05) is 24.3 Å². The van der Waals surface area contributed by atoms with E-state index in [1.807, 2.05) is 26.0 Å². The highest BCUT2D eigenvalue weighted by molar-refractivity contribution is 8.13. The Balaban J connectivity index is 1.66. The van der Waals surface area contributed by atoms with Crippen molar-refractivity contribution >= 4 is 52.7 Å². The number of ether oxygens (including phenoxy) is 4. The lowest BCUT2D eigenvalue weighted by atomic mass is 10.1. The predicted octanol–water partition coefficient (Wildman–Crippen LogP) is 6.16. The Hall–Kier alpha value is -4.89. The lowest BCUT2D eigenvalue weighted by Gasteiger charge is -2.11. The molecule has 15 heteroatoms. The first-order valence-electron chi connectivity index (χ1n) is 13.7. The minimum Gasteiger partial charge on any atom is -0.497 e. The highest BCUT2D eigenvalue weighted by Gasteiger charge is 2.30. The van der Waals surface area contributed by atoms with Crippen LogP contribution in [0, 0.1) is 13.8 Å². The summed E-state index contributed by atoms with van der Waals surface area (Å²) in [4.78, 5) is 24.7. The molecule has 0 saturated heterocycles. The number of halogens is 3. The van der Waals surface area contributed by atoms with Crippen LogP contribution >= 0.6 is 11.8 Å². The van der Waals surface area contributed by atoms with Gasteiger partial charge in [0, 0.05) is 12.2 Å². The molecule has 3 rings (SSSR count). The number of carbonyl (C=O) groups excluding carboxylic acids is 1. The van der Waals surface area contributed by atoms with E-state index in [0.29, 0.717) is 28.8 Å². The van der Waals surface area contributed by atoms with Crippen LogP contribution in [0.25, 0.3) is 0 Å². The number of nitrogens with one attached hydrogen (secondary N) is 1. The Morgan fingerprint density at radius 1 is 1.02 bits per heavy atom. The maximum atomic E-state index is 12.3. The van der Waals surface area contributed by atoms with E-state index in [1.165, 1.54) is 18.5 Å². The summed E-state index contributed by atoms with van der Waals surface area (Å²) >= 11 is 1.15. The zero-order valence-corrected chi connectivity index (χ0v) is 26.3. The maximum absolute atomic E-state index is 12.3. The van der Waals surface area contributed by atoms with Gasteiger partial charge in [0.2, 0.25) is 0 Å². The van der Waals surface area contributed by atoms with Crippen molar-refractivity contribution in [3.05, 3.63) is 82.9 Å². The number of methoxy groups -OCH3 is 1. The fourth-order valence-electron chi connectivity index (χ4n) is 3.65. The third-order valence-corrected chi connectivity index (χ3v) is 6.50. The Morgan fingerprint density at radius 3 is 2.30 bits per heavy atom. The van der Waals surface area contributed by atoms with Gasteiger partial charge in [-0.05, 0) is 85.6 Å². The number of nitrogens with two attached hydrogens (primary N) is 1. The van der Waals surface area contributed by atoms with Gasteiger partial charge in [-0.25, -0.2) is 19.8 Å². The topological polar surface area (TPSA) is 141 Å². The standard InChI is InChI=1S/C31H33F3N6O5S/c1-5-43-17-27(41)44-19-46-30(39-28-20(2)14-26(42-4)15-21(28)3)40-38-16-22-6-8-23(9-7-22)29(35)37-18-36-24-10-12-25(13-11-24)45-31(32,33)34/h6-16,18H,5,17,19H2,1-4H3,(H,39,40)(H2,35,36,37)/b38-16+. The van der Waals surface area contributed by atoms with E-state index < -0.39 is 12.3 Å². The van der Waals surface area contributed by atoms with E-state index in [-0.39, 0.29) is 24.1 Å². The number of aryl methyl sites for hydroxylation is 2. The largest absolute Gasteiger partial charge is 0.573 e. The van der Waals surface area contributed by atoms with Gasteiger partial charge in [0.15, 0.2) is 5.17 Å². The van der Waals surface area contributed by atoms with E-state index in [9.17, 15) is 18.0 Å². The van der Waals surface area contributed by atoms with Gasteiger partial charge >= 0.3 is 12.3 Å². The summed E-state index contributed by atoms with van der Waals surface area (Å²) < 4.78 is 56.4. The number of carbonyl (C=O) groups is 1. The monoisotopic (exact) mass is 658 g/mol. The fraction of sp³-hybridized carbons (Fsp3) is 0.258. The van der Waals surface area contributed by atoms with E-state index in [2.05, 4.69) is 25.2 Å². The summed E-state index contributed by atoms with van der Waals surface area (Å²) in [6.07, 6.45) is -1.99. The number of rotatable bonds is 13. The van der Waals surface area contributed by atoms with E-state index in [4.69, 9.17) is 24.9 Å². The smallest absolute Gasteiger partial charge is 0.497 e. The van der Waals surface area contributed by atoms with Crippen molar-refractivity contribution in [2.75, 3.05) is 26.3 Å². The summed E-state index contributed by atoms with van der Waals surface area (Å²) in [5, 5.41) is 4.69. The number of hydrogen-bond acceptors (Lipinski definition) is 9. The van der Waals surface area contributed by atoms with E-state index in [1.54, 1.807) is 44.5 Å². The van der Waals surface area contributed by atoms with Gasteiger partial charge in [-0.3, -0.25) is 5.43 Å². The molecule has 0 bridgehead atoms. The molecular formula is C31H33F3N6O5S. The molecule has 0 aliphatic carbocycles. The van der Waals surface area contributed by atoms with Crippen molar-refractivity contribution in [3.63, 3.8) is 0 Å². The molecule has 3 aromatic carbocycles. The third-order valence-electron chi connectivity index (χ3n) is 5.81. The summed E-state index contributed by atoms with van der Waals surface area (Å²) in [5.74, 6) is 0.0510. The summed E-state index contributed by atoms with van der Waals surface area (Å²) in [6.45, 7) is 5.88. The third kappa shape index (κ3) is 12.2. The molecule has 0 spiro atoms. The Labute approximate surface area is 268 Å². The predicted molar refractivity (Wildman–Crippen MR) is 174 cm³/mol. The van der Waals surface area contributed by atoms with Crippen LogP contribution in [-0.4, -0.2) is 62.2 Å².